The van der Waals surface area contributed by atoms with E-state index in [-0.39, 0.29) is 10.6 Å². The number of para-hydroxylation sites is 1. The predicted molar refractivity (Wildman–Crippen MR) is 90.6 cm³/mol. The normalized spacial score (nSPS) is 18.0. The molecule has 1 fully saturated rings. The number of rotatable bonds is 5. The standard InChI is InChI=1S/C16H19N3O3S/c1-2-22-14-7-3-6-13(15(14)19(20)21)18-9-4-5-12(11-18)16-17-8-10-23-16/h3,6-8,10,12H,2,4-5,9,11H2,1H3. The third-order valence-electron chi connectivity index (χ3n) is 4.02. The third-order valence-corrected chi connectivity index (χ3v) is 4.96. The number of piperidine rings is 1. The van der Waals surface area contributed by atoms with Crippen LogP contribution in [0.5, 0.6) is 5.75 Å². The van der Waals surface area contributed by atoms with Crippen LogP contribution in [0.1, 0.15) is 30.7 Å². The van der Waals surface area contributed by atoms with Gasteiger partial charge < -0.3 is 9.64 Å². The second-order valence-corrected chi connectivity index (χ2v) is 6.40. The van der Waals surface area contributed by atoms with Gasteiger partial charge in [-0.1, -0.05) is 6.07 Å². The van der Waals surface area contributed by atoms with Crippen LogP contribution in [0.3, 0.4) is 0 Å². The quantitative estimate of drug-likeness (QED) is 0.614. The highest BCUT2D eigenvalue weighted by Gasteiger charge is 2.29. The van der Waals surface area contributed by atoms with Gasteiger partial charge in [0.05, 0.1) is 16.5 Å². The molecule has 2 heterocycles. The molecular formula is C16H19N3O3S. The van der Waals surface area contributed by atoms with Gasteiger partial charge in [-0.3, -0.25) is 10.1 Å². The topological polar surface area (TPSA) is 68.5 Å². The van der Waals surface area contributed by atoms with Gasteiger partial charge in [0.2, 0.25) is 0 Å². The zero-order valence-electron chi connectivity index (χ0n) is 13.0. The minimum Gasteiger partial charge on any atom is -0.487 e. The molecule has 0 radical (unpaired) electrons. The van der Waals surface area contributed by atoms with E-state index < -0.39 is 0 Å². The number of thiazole rings is 1. The minimum atomic E-state index is -0.340. The number of nitro groups is 1. The third kappa shape index (κ3) is 3.29. The van der Waals surface area contributed by atoms with E-state index in [0.29, 0.717) is 24.0 Å². The van der Waals surface area contributed by atoms with E-state index in [4.69, 9.17) is 4.74 Å². The molecule has 23 heavy (non-hydrogen) atoms. The maximum Gasteiger partial charge on any atom is 0.333 e. The van der Waals surface area contributed by atoms with Crippen molar-refractivity contribution < 1.29 is 9.66 Å². The van der Waals surface area contributed by atoms with Crippen molar-refractivity contribution in [2.45, 2.75) is 25.7 Å². The molecule has 0 N–H and O–H groups in total. The van der Waals surface area contributed by atoms with E-state index in [1.165, 1.54) is 0 Å². The van der Waals surface area contributed by atoms with Crippen LogP contribution in [-0.4, -0.2) is 29.6 Å². The van der Waals surface area contributed by atoms with Crippen molar-refractivity contribution in [3.63, 3.8) is 0 Å². The molecule has 1 aliphatic heterocycles. The van der Waals surface area contributed by atoms with Crippen molar-refractivity contribution >= 4 is 22.7 Å². The van der Waals surface area contributed by atoms with Crippen LogP contribution in [-0.2, 0) is 0 Å². The van der Waals surface area contributed by atoms with Crippen LogP contribution < -0.4 is 9.64 Å². The van der Waals surface area contributed by atoms with Gasteiger partial charge in [0, 0.05) is 30.6 Å². The van der Waals surface area contributed by atoms with Crippen LogP contribution in [0, 0.1) is 10.1 Å². The smallest absolute Gasteiger partial charge is 0.333 e. The van der Waals surface area contributed by atoms with Gasteiger partial charge in [-0.15, -0.1) is 11.3 Å². The summed E-state index contributed by atoms with van der Waals surface area (Å²) in [5.41, 5.74) is 0.705. The molecule has 1 saturated heterocycles. The molecule has 2 aromatic rings. The number of nitrogens with zero attached hydrogens (tertiary/aromatic N) is 3. The summed E-state index contributed by atoms with van der Waals surface area (Å²) in [6, 6.07) is 5.29. The summed E-state index contributed by atoms with van der Waals surface area (Å²) in [6.07, 6.45) is 3.89. The average molecular weight is 333 g/mol. The van der Waals surface area contributed by atoms with E-state index in [0.717, 1.165) is 30.9 Å². The Morgan fingerprint density at radius 2 is 2.39 bits per heavy atom. The van der Waals surface area contributed by atoms with E-state index in [1.54, 1.807) is 17.4 Å². The molecule has 0 bridgehead atoms. The lowest BCUT2D eigenvalue weighted by atomic mass is 9.98. The molecule has 1 atom stereocenters. The van der Waals surface area contributed by atoms with Crippen molar-refractivity contribution in [3.05, 3.63) is 44.9 Å². The van der Waals surface area contributed by atoms with Gasteiger partial charge in [0.1, 0.15) is 5.69 Å². The molecule has 0 saturated carbocycles. The lowest BCUT2D eigenvalue weighted by Gasteiger charge is -2.33. The monoisotopic (exact) mass is 333 g/mol. The molecule has 1 unspecified atom stereocenters. The molecule has 122 valence electrons. The fourth-order valence-corrected chi connectivity index (χ4v) is 3.82. The van der Waals surface area contributed by atoms with E-state index in [1.807, 2.05) is 30.6 Å². The fraction of sp³-hybridized carbons (Fsp3) is 0.438. The molecule has 1 aromatic heterocycles. The van der Waals surface area contributed by atoms with Crippen molar-refractivity contribution in [3.8, 4) is 5.75 Å². The molecule has 3 rings (SSSR count). The number of hydrogen-bond donors (Lipinski definition) is 0. The Balaban J connectivity index is 1.91. The number of aromatic nitrogens is 1. The molecule has 1 aromatic carbocycles. The van der Waals surface area contributed by atoms with Gasteiger partial charge >= 0.3 is 5.69 Å². The summed E-state index contributed by atoms with van der Waals surface area (Å²) in [4.78, 5) is 17.7. The highest BCUT2D eigenvalue weighted by Crippen LogP contribution is 2.40. The van der Waals surface area contributed by atoms with E-state index in [9.17, 15) is 10.1 Å². The second kappa shape index (κ2) is 6.95. The summed E-state index contributed by atoms with van der Waals surface area (Å²) < 4.78 is 5.45. The van der Waals surface area contributed by atoms with Gasteiger partial charge in [-0.2, -0.15) is 0 Å². The summed E-state index contributed by atoms with van der Waals surface area (Å²) in [5.74, 6) is 0.672. The van der Waals surface area contributed by atoms with E-state index >= 15 is 0 Å². The largest absolute Gasteiger partial charge is 0.487 e. The highest BCUT2D eigenvalue weighted by molar-refractivity contribution is 7.09. The van der Waals surface area contributed by atoms with Crippen LogP contribution >= 0.6 is 11.3 Å². The first-order valence-corrected chi connectivity index (χ1v) is 8.63. The molecule has 1 aliphatic rings. The molecule has 0 aliphatic carbocycles. The van der Waals surface area contributed by atoms with E-state index in [2.05, 4.69) is 9.88 Å². The Hall–Kier alpha value is -2.15. The maximum absolute atomic E-state index is 11.6. The maximum atomic E-state index is 11.6. The summed E-state index contributed by atoms with van der Waals surface area (Å²) in [5, 5.41) is 14.6. The lowest BCUT2D eigenvalue weighted by molar-refractivity contribution is -0.385. The number of hydrogen-bond acceptors (Lipinski definition) is 6. The zero-order chi connectivity index (χ0) is 16.2. The summed E-state index contributed by atoms with van der Waals surface area (Å²) in [6.45, 7) is 3.81. The first kappa shape index (κ1) is 15.7. The Kier molecular flexibility index (Phi) is 4.76. The minimum absolute atomic E-state index is 0.0640. The van der Waals surface area contributed by atoms with Crippen molar-refractivity contribution in [2.75, 3.05) is 24.6 Å². The van der Waals surface area contributed by atoms with Crippen LogP contribution in [0.2, 0.25) is 0 Å². The number of ether oxygens (including phenoxy) is 1. The van der Waals surface area contributed by atoms with Crippen LogP contribution in [0.15, 0.2) is 29.8 Å². The number of nitro benzene ring substituents is 1. The molecule has 0 spiro atoms. The first-order valence-electron chi connectivity index (χ1n) is 7.75. The van der Waals surface area contributed by atoms with Crippen LogP contribution in [0.25, 0.3) is 0 Å². The Labute approximate surface area is 138 Å². The Bertz CT molecular complexity index is 675. The molecule has 0 amide bonds. The molecule has 7 heteroatoms. The van der Waals surface area contributed by atoms with Gasteiger partial charge in [-0.25, -0.2) is 4.98 Å². The second-order valence-electron chi connectivity index (χ2n) is 5.47. The Morgan fingerprint density at radius 3 is 3.09 bits per heavy atom. The number of anilines is 1. The predicted octanol–water partition coefficient (Wildman–Crippen LogP) is 3.83. The SMILES string of the molecule is CCOc1cccc(N2CCCC(c3nccs3)C2)c1[N+](=O)[O-]. The summed E-state index contributed by atoms with van der Waals surface area (Å²) in [7, 11) is 0. The van der Waals surface area contributed by atoms with Crippen molar-refractivity contribution in [1.82, 2.24) is 4.98 Å². The lowest BCUT2D eigenvalue weighted by Crippen LogP contribution is -2.34. The fourth-order valence-electron chi connectivity index (χ4n) is 3.06. The van der Waals surface area contributed by atoms with Crippen molar-refractivity contribution in [2.24, 2.45) is 0 Å². The Morgan fingerprint density at radius 1 is 1.52 bits per heavy atom. The first-order chi connectivity index (χ1) is 11.2. The van der Waals surface area contributed by atoms with Gasteiger partial charge in [0.15, 0.2) is 5.75 Å². The summed E-state index contributed by atoms with van der Waals surface area (Å²) >= 11 is 1.65. The molecular weight excluding hydrogens is 314 g/mol. The van der Waals surface area contributed by atoms with Gasteiger partial charge in [0.25, 0.3) is 0 Å². The highest BCUT2D eigenvalue weighted by atomic mass is 32.1. The average Bonchev–Trinajstić information content (AvgIpc) is 3.09. The number of benzene rings is 1. The van der Waals surface area contributed by atoms with Crippen molar-refractivity contribution in [1.29, 1.82) is 0 Å². The zero-order valence-corrected chi connectivity index (χ0v) is 13.8. The molecule has 6 nitrogen and oxygen atoms in total. The van der Waals surface area contributed by atoms with Gasteiger partial charge in [-0.05, 0) is 31.9 Å². The van der Waals surface area contributed by atoms with Crippen LogP contribution in [0.4, 0.5) is 11.4 Å².